The Balaban J connectivity index is 3.70. The maximum Gasteiger partial charge on any atom is 0.389 e. The van der Waals surface area contributed by atoms with Gasteiger partial charge in [-0.05, 0) is 12.7 Å². The highest BCUT2D eigenvalue weighted by atomic mass is 15.2. The maximum atomic E-state index is 2.34. The van der Waals surface area contributed by atoms with E-state index in [4.69, 9.17) is 0 Å². The summed E-state index contributed by atoms with van der Waals surface area (Å²) in [5.41, 5.74) is 0. The third-order valence-electron chi connectivity index (χ3n) is 2.33. The van der Waals surface area contributed by atoms with Crippen molar-refractivity contribution in [3.8, 4) is 0 Å². The summed E-state index contributed by atoms with van der Waals surface area (Å²) in [4.78, 5) is 0. The van der Waals surface area contributed by atoms with Crippen molar-refractivity contribution in [2.75, 3.05) is 20.6 Å². The van der Waals surface area contributed by atoms with Gasteiger partial charge in [0.05, 0.1) is 6.54 Å². The molecule has 66 valence electrons. The zero-order valence-corrected chi connectivity index (χ0v) is 8.85. The van der Waals surface area contributed by atoms with Crippen molar-refractivity contribution in [1.82, 2.24) is 0 Å². The van der Waals surface area contributed by atoms with Crippen molar-refractivity contribution in [2.24, 2.45) is 5.92 Å². The highest BCUT2D eigenvalue weighted by Gasteiger charge is 2.18. The van der Waals surface area contributed by atoms with E-state index in [-0.39, 0.29) is 0 Å². The van der Waals surface area contributed by atoms with Gasteiger partial charge in [0.2, 0.25) is 0 Å². The van der Waals surface area contributed by atoms with Crippen LogP contribution in [0.3, 0.4) is 0 Å². The molecular formula is C9H23BN+. The molecule has 0 N–H and O–H groups in total. The van der Waals surface area contributed by atoms with Crippen LogP contribution in [-0.4, -0.2) is 32.4 Å². The molecule has 0 aliphatic rings. The molecule has 1 unspecified atom stereocenters. The lowest BCUT2D eigenvalue weighted by Gasteiger charge is -2.32. The molecule has 1 nitrogen and oxygen atoms in total. The first kappa shape index (κ1) is 11.0. The van der Waals surface area contributed by atoms with E-state index < -0.39 is 0 Å². The van der Waals surface area contributed by atoms with Crippen LogP contribution in [0.25, 0.3) is 0 Å². The van der Waals surface area contributed by atoms with Gasteiger partial charge in [0.15, 0.2) is 0 Å². The van der Waals surface area contributed by atoms with Crippen LogP contribution in [0, 0.1) is 5.92 Å². The predicted octanol–water partition coefficient (Wildman–Crippen LogP) is 1.90. The Labute approximate surface area is 72.6 Å². The Hall–Kier alpha value is 0.0249. The van der Waals surface area contributed by atoms with Crippen molar-refractivity contribution in [3.05, 3.63) is 0 Å². The van der Waals surface area contributed by atoms with Gasteiger partial charge in [-0.3, -0.25) is 0 Å². The number of quaternary nitrogens is 1. The molecule has 0 aromatic heterocycles. The van der Waals surface area contributed by atoms with Gasteiger partial charge in [-0.25, -0.2) is 0 Å². The van der Waals surface area contributed by atoms with Gasteiger partial charge in [0, 0.05) is 20.0 Å². The van der Waals surface area contributed by atoms with Crippen LogP contribution in [0.2, 0.25) is 6.32 Å². The SMILES string of the molecule is CCB[N+](C)(C)CC(C)CC. The standard InChI is InChI=1S/C9H23BN/c1-6-9(3)8-11(4,5)10-7-2/h9-10H,6-8H2,1-5H3/q+1. The first-order valence-electron chi connectivity index (χ1n) is 4.83. The molecule has 0 rings (SSSR count). The van der Waals surface area contributed by atoms with E-state index in [1.807, 2.05) is 0 Å². The number of hydrogen-bond donors (Lipinski definition) is 0. The number of rotatable bonds is 5. The van der Waals surface area contributed by atoms with Crippen molar-refractivity contribution in [3.63, 3.8) is 0 Å². The largest absolute Gasteiger partial charge is 0.401 e. The van der Waals surface area contributed by atoms with Crippen LogP contribution in [0.15, 0.2) is 0 Å². The summed E-state index contributed by atoms with van der Waals surface area (Å²) < 4.78 is 1.19. The minimum Gasteiger partial charge on any atom is -0.401 e. The van der Waals surface area contributed by atoms with Crippen LogP contribution >= 0.6 is 0 Å². The Morgan fingerprint density at radius 3 is 2.18 bits per heavy atom. The molecule has 0 aromatic rings. The number of hydrogen-bond acceptors (Lipinski definition) is 0. The zero-order chi connectivity index (χ0) is 8.91. The molecule has 0 saturated heterocycles. The summed E-state index contributed by atoms with van der Waals surface area (Å²) in [5, 5.41) is 0. The highest BCUT2D eigenvalue weighted by molar-refractivity contribution is 6.25. The van der Waals surface area contributed by atoms with Gasteiger partial charge < -0.3 is 4.39 Å². The summed E-state index contributed by atoms with van der Waals surface area (Å²) in [5.74, 6) is 0.872. The molecule has 0 spiro atoms. The first-order chi connectivity index (χ1) is 5.02. The maximum absolute atomic E-state index is 2.34. The Morgan fingerprint density at radius 1 is 1.27 bits per heavy atom. The third kappa shape index (κ3) is 5.31. The minimum atomic E-state index is 0.872. The molecule has 11 heavy (non-hydrogen) atoms. The van der Waals surface area contributed by atoms with E-state index in [1.54, 1.807) is 0 Å². The minimum absolute atomic E-state index is 0.872. The molecule has 0 aliphatic heterocycles. The Kier molecular flexibility index (Phi) is 4.82. The van der Waals surface area contributed by atoms with Gasteiger partial charge >= 0.3 is 7.41 Å². The lowest BCUT2D eigenvalue weighted by atomic mass is 9.83. The van der Waals surface area contributed by atoms with Crippen LogP contribution in [0.4, 0.5) is 0 Å². The second-order valence-corrected chi connectivity index (χ2v) is 4.36. The lowest BCUT2D eigenvalue weighted by molar-refractivity contribution is -0.783. The topological polar surface area (TPSA) is 0 Å². The smallest absolute Gasteiger partial charge is 0.389 e. The summed E-state index contributed by atoms with van der Waals surface area (Å²) in [6.45, 7) is 8.20. The van der Waals surface area contributed by atoms with Crippen molar-refractivity contribution in [2.45, 2.75) is 33.5 Å². The van der Waals surface area contributed by atoms with Gasteiger partial charge in [-0.2, -0.15) is 0 Å². The van der Waals surface area contributed by atoms with E-state index in [0.29, 0.717) is 0 Å². The van der Waals surface area contributed by atoms with E-state index >= 15 is 0 Å². The van der Waals surface area contributed by atoms with E-state index in [2.05, 4.69) is 34.9 Å². The zero-order valence-electron chi connectivity index (χ0n) is 8.85. The molecule has 0 fully saturated rings. The molecular weight excluding hydrogens is 133 g/mol. The third-order valence-corrected chi connectivity index (χ3v) is 2.33. The molecule has 0 aliphatic carbocycles. The van der Waals surface area contributed by atoms with Gasteiger partial charge in [0.1, 0.15) is 0 Å². The van der Waals surface area contributed by atoms with E-state index in [1.165, 1.54) is 31.1 Å². The molecule has 2 heteroatoms. The molecule has 1 atom stereocenters. The quantitative estimate of drug-likeness (QED) is 0.533. The van der Waals surface area contributed by atoms with Crippen molar-refractivity contribution < 1.29 is 4.39 Å². The normalized spacial score (nSPS) is 14.6. The van der Waals surface area contributed by atoms with Crippen LogP contribution < -0.4 is 0 Å². The fourth-order valence-electron chi connectivity index (χ4n) is 1.67. The Morgan fingerprint density at radius 2 is 1.82 bits per heavy atom. The fourth-order valence-corrected chi connectivity index (χ4v) is 1.67. The van der Waals surface area contributed by atoms with Crippen molar-refractivity contribution in [1.29, 1.82) is 0 Å². The van der Waals surface area contributed by atoms with Gasteiger partial charge in [-0.15, -0.1) is 0 Å². The Bertz CT molecular complexity index is 102. The first-order valence-corrected chi connectivity index (χ1v) is 4.83. The predicted molar refractivity (Wildman–Crippen MR) is 54.1 cm³/mol. The number of nitrogens with zero attached hydrogens (tertiary/aromatic N) is 1. The second kappa shape index (κ2) is 4.81. The molecule has 0 heterocycles. The monoisotopic (exact) mass is 156 g/mol. The second-order valence-electron chi connectivity index (χ2n) is 4.36. The average Bonchev–Trinajstić information content (AvgIpc) is 1.86. The molecule has 0 amide bonds. The van der Waals surface area contributed by atoms with Gasteiger partial charge in [0.25, 0.3) is 0 Å². The molecule has 0 radical (unpaired) electrons. The molecule has 0 bridgehead atoms. The fraction of sp³-hybridized carbons (Fsp3) is 1.00. The van der Waals surface area contributed by atoms with Crippen LogP contribution in [0.1, 0.15) is 27.2 Å². The van der Waals surface area contributed by atoms with Crippen LogP contribution in [-0.2, 0) is 0 Å². The summed E-state index contributed by atoms with van der Waals surface area (Å²) >= 11 is 0. The van der Waals surface area contributed by atoms with Crippen LogP contribution in [0.5, 0.6) is 0 Å². The summed E-state index contributed by atoms with van der Waals surface area (Å²) in [6, 6.07) is 0. The highest BCUT2D eigenvalue weighted by Crippen LogP contribution is 2.07. The molecule has 0 saturated carbocycles. The van der Waals surface area contributed by atoms with E-state index in [0.717, 1.165) is 5.92 Å². The van der Waals surface area contributed by atoms with Gasteiger partial charge in [-0.1, -0.05) is 20.8 Å². The van der Waals surface area contributed by atoms with E-state index in [9.17, 15) is 0 Å². The van der Waals surface area contributed by atoms with Crippen molar-refractivity contribution >= 4 is 7.41 Å². The summed E-state index contributed by atoms with van der Waals surface area (Å²) in [7, 11) is 5.97. The lowest BCUT2D eigenvalue weighted by Crippen LogP contribution is -2.45. The molecule has 0 aromatic carbocycles. The summed E-state index contributed by atoms with van der Waals surface area (Å²) in [6.07, 6.45) is 2.61. The average molecular weight is 156 g/mol.